The van der Waals surface area contributed by atoms with Gasteiger partial charge in [-0.1, -0.05) is 28.1 Å². The van der Waals surface area contributed by atoms with Crippen LogP contribution in [-0.4, -0.2) is 28.3 Å². The molecule has 0 saturated carbocycles. The molecule has 2 rings (SSSR count). The first-order valence-corrected chi connectivity index (χ1v) is 7.19. The minimum atomic E-state index is -1.79. The largest absolute Gasteiger partial charge is 0.479 e. The van der Waals surface area contributed by atoms with E-state index in [9.17, 15) is 9.90 Å². The summed E-state index contributed by atoms with van der Waals surface area (Å²) in [6.45, 7) is 1.54. The third kappa shape index (κ3) is 4.17. The van der Waals surface area contributed by atoms with E-state index in [0.717, 1.165) is 15.8 Å². The van der Waals surface area contributed by atoms with Crippen molar-refractivity contribution < 1.29 is 19.4 Å². The van der Waals surface area contributed by atoms with Gasteiger partial charge in [-0.05, 0) is 31.2 Å². The van der Waals surface area contributed by atoms with E-state index in [-0.39, 0.29) is 6.54 Å². The van der Waals surface area contributed by atoms with Gasteiger partial charge in [-0.15, -0.1) is 0 Å². The van der Waals surface area contributed by atoms with Crippen LogP contribution < -0.4 is 5.32 Å². The highest BCUT2D eigenvalue weighted by atomic mass is 79.9. The number of benzene rings is 1. The summed E-state index contributed by atoms with van der Waals surface area (Å²) in [5.41, 5.74) is -0.830. The predicted octanol–water partition coefficient (Wildman–Crippen LogP) is 2.63. The molecule has 1 unspecified atom stereocenters. The molecule has 1 heterocycles. The Kier molecular flexibility index (Phi) is 4.82. The SMILES string of the molecule is CC(O)(CNCc1ccc(-c2ccc(Br)cc2)o1)C(=O)O. The van der Waals surface area contributed by atoms with Crippen molar-refractivity contribution in [3.63, 3.8) is 0 Å². The van der Waals surface area contributed by atoms with Crippen molar-refractivity contribution in [2.75, 3.05) is 6.54 Å². The van der Waals surface area contributed by atoms with Gasteiger partial charge in [0.05, 0.1) is 6.54 Å². The third-order valence-corrected chi connectivity index (χ3v) is 3.55. The summed E-state index contributed by atoms with van der Waals surface area (Å²) in [6.07, 6.45) is 0. The zero-order valence-electron chi connectivity index (χ0n) is 11.5. The number of aliphatic hydroxyl groups is 1. The molecule has 1 aromatic heterocycles. The van der Waals surface area contributed by atoms with Crippen molar-refractivity contribution in [2.24, 2.45) is 0 Å². The summed E-state index contributed by atoms with van der Waals surface area (Å²) in [5.74, 6) is 0.156. The fraction of sp³-hybridized carbons (Fsp3) is 0.267. The maximum absolute atomic E-state index is 10.8. The van der Waals surface area contributed by atoms with Gasteiger partial charge in [0.1, 0.15) is 11.5 Å². The summed E-state index contributed by atoms with van der Waals surface area (Å²) in [4.78, 5) is 10.8. The number of carboxylic acids is 1. The first-order valence-electron chi connectivity index (χ1n) is 6.39. The van der Waals surface area contributed by atoms with Crippen LogP contribution in [0.15, 0.2) is 45.3 Å². The molecule has 0 saturated heterocycles. The smallest absolute Gasteiger partial charge is 0.336 e. The van der Waals surface area contributed by atoms with Crippen LogP contribution in [0.1, 0.15) is 12.7 Å². The molecule has 112 valence electrons. The standard InChI is InChI=1S/C15H16BrNO4/c1-15(20,14(18)19)9-17-8-12-6-7-13(21-12)10-2-4-11(16)5-3-10/h2-7,17,20H,8-9H2,1H3,(H,18,19). The number of rotatable bonds is 6. The van der Waals surface area contributed by atoms with Gasteiger partial charge >= 0.3 is 5.97 Å². The molecule has 5 nitrogen and oxygen atoms in total. The Balaban J connectivity index is 1.95. The maximum Gasteiger partial charge on any atom is 0.336 e. The summed E-state index contributed by atoms with van der Waals surface area (Å²) in [6, 6.07) is 11.4. The number of carbonyl (C=O) groups is 1. The van der Waals surface area contributed by atoms with Crippen molar-refractivity contribution in [3.8, 4) is 11.3 Å². The van der Waals surface area contributed by atoms with Gasteiger partial charge in [0.25, 0.3) is 0 Å². The van der Waals surface area contributed by atoms with E-state index in [4.69, 9.17) is 9.52 Å². The van der Waals surface area contributed by atoms with E-state index in [2.05, 4.69) is 21.2 Å². The molecule has 6 heteroatoms. The highest BCUT2D eigenvalue weighted by Crippen LogP contribution is 2.23. The zero-order chi connectivity index (χ0) is 15.5. The number of nitrogens with one attached hydrogen (secondary N) is 1. The predicted molar refractivity (Wildman–Crippen MR) is 81.8 cm³/mol. The van der Waals surface area contributed by atoms with Crippen molar-refractivity contribution in [3.05, 3.63) is 46.6 Å². The first-order chi connectivity index (χ1) is 9.88. The summed E-state index contributed by atoms with van der Waals surface area (Å²) < 4.78 is 6.67. The van der Waals surface area contributed by atoms with Crippen LogP contribution in [0.2, 0.25) is 0 Å². The molecule has 0 bridgehead atoms. The van der Waals surface area contributed by atoms with E-state index in [0.29, 0.717) is 12.3 Å². The monoisotopic (exact) mass is 353 g/mol. The molecular formula is C15H16BrNO4. The number of furan rings is 1. The summed E-state index contributed by atoms with van der Waals surface area (Å²) >= 11 is 3.38. The van der Waals surface area contributed by atoms with Gasteiger partial charge in [0.15, 0.2) is 5.60 Å². The van der Waals surface area contributed by atoms with Gasteiger partial charge in [0, 0.05) is 16.6 Å². The molecule has 0 radical (unpaired) electrons. The lowest BCUT2D eigenvalue weighted by molar-refractivity contribution is -0.156. The summed E-state index contributed by atoms with van der Waals surface area (Å²) in [7, 11) is 0. The molecular weight excluding hydrogens is 338 g/mol. The van der Waals surface area contributed by atoms with Crippen LogP contribution in [0.3, 0.4) is 0 Å². The average Bonchev–Trinajstić information content (AvgIpc) is 2.88. The lowest BCUT2D eigenvalue weighted by Crippen LogP contribution is -2.44. The molecule has 3 N–H and O–H groups in total. The average molecular weight is 354 g/mol. The van der Waals surface area contributed by atoms with E-state index < -0.39 is 11.6 Å². The molecule has 0 spiro atoms. The molecule has 1 aromatic carbocycles. The number of aliphatic carboxylic acids is 1. The number of hydrogen-bond acceptors (Lipinski definition) is 4. The van der Waals surface area contributed by atoms with Crippen LogP contribution in [0.4, 0.5) is 0 Å². The van der Waals surface area contributed by atoms with Crippen molar-refractivity contribution in [1.29, 1.82) is 0 Å². The number of hydrogen-bond donors (Lipinski definition) is 3. The molecule has 0 aliphatic carbocycles. The molecule has 0 aliphatic rings. The number of carboxylic acid groups (broad SMARTS) is 1. The van der Waals surface area contributed by atoms with E-state index >= 15 is 0 Å². The second-order valence-corrected chi connectivity index (χ2v) is 5.87. The second kappa shape index (κ2) is 6.43. The lowest BCUT2D eigenvalue weighted by Gasteiger charge is -2.17. The molecule has 2 aromatic rings. The first kappa shape index (κ1) is 15.8. The van der Waals surface area contributed by atoms with E-state index in [1.54, 1.807) is 0 Å². The Morgan fingerprint density at radius 3 is 2.57 bits per heavy atom. The van der Waals surface area contributed by atoms with E-state index in [1.165, 1.54) is 6.92 Å². The quantitative estimate of drug-likeness (QED) is 0.743. The molecule has 0 fully saturated rings. The van der Waals surface area contributed by atoms with Crippen molar-refractivity contribution in [2.45, 2.75) is 19.1 Å². The fourth-order valence-electron chi connectivity index (χ4n) is 1.75. The highest BCUT2D eigenvalue weighted by molar-refractivity contribution is 9.10. The van der Waals surface area contributed by atoms with Crippen LogP contribution in [-0.2, 0) is 11.3 Å². The Morgan fingerprint density at radius 1 is 1.29 bits per heavy atom. The Morgan fingerprint density at radius 2 is 1.95 bits per heavy atom. The number of halogens is 1. The van der Waals surface area contributed by atoms with Gasteiger partial charge < -0.3 is 19.9 Å². The van der Waals surface area contributed by atoms with Crippen LogP contribution in [0, 0.1) is 0 Å². The lowest BCUT2D eigenvalue weighted by atomic mass is 10.1. The third-order valence-electron chi connectivity index (χ3n) is 3.02. The Bertz CT molecular complexity index is 619. The van der Waals surface area contributed by atoms with Crippen LogP contribution in [0.25, 0.3) is 11.3 Å². The van der Waals surface area contributed by atoms with Crippen molar-refractivity contribution in [1.82, 2.24) is 5.32 Å². The van der Waals surface area contributed by atoms with Crippen LogP contribution >= 0.6 is 15.9 Å². The molecule has 21 heavy (non-hydrogen) atoms. The maximum atomic E-state index is 10.8. The van der Waals surface area contributed by atoms with Gasteiger partial charge in [0.2, 0.25) is 0 Å². The topological polar surface area (TPSA) is 82.7 Å². The zero-order valence-corrected chi connectivity index (χ0v) is 13.1. The minimum absolute atomic E-state index is 0.0589. The van der Waals surface area contributed by atoms with E-state index in [1.807, 2.05) is 36.4 Å². The second-order valence-electron chi connectivity index (χ2n) is 4.96. The molecule has 0 aliphatic heterocycles. The normalized spacial score (nSPS) is 13.9. The fourth-order valence-corrected chi connectivity index (χ4v) is 2.01. The Labute approximate surface area is 130 Å². The van der Waals surface area contributed by atoms with Crippen LogP contribution in [0.5, 0.6) is 0 Å². The van der Waals surface area contributed by atoms with Gasteiger partial charge in [-0.25, -0.2) is 4.79 Å². The Hall–Kier alpha value is -1.63. The highest BCUT2D eigenvalue weighted by Gasteiger charge is 2.29. The molecule has 1 atom stereocenters. The molecule has 0 amide bonds. The van der Waals surface area contributed by atoms with Gasteiger partial charge in [-0.2, -0.15) is 0 Å². The van der Waals surface area contributed by atoms with Gasteiger partial charge in [-0.3, -0.25) is 0 Å². The summed E-state index contributed by atoms with van der Waals surface area (Å²) in [5, 5.41) is 21.2. The minimum Gasteiger partial charge on any atom is -0.479 e. The van der Waals surface area contributed by atoms with Crippen molar-refractivity contribution >= 4 is 21.9 Å².